The lowest BCUT2D eigenvalue weighted by Gasteiger charge is -2.07. The number of nitrogens with zero attached hydrogens (tertiary/aromatic N) is 1. The van der Waals surface area contributed by atoms with Gasteiger partial charge in [-0.05, 0) is 12.5 Å². The fourth-order valence-electron chi connectivity index (χ4n) is 1.07. The average molecular weight is 201 g/mol. The molecule has 1 heterocycles. The predicted molar refractivity (Wildman–Crippen MR) is 54.7 cm³/mol. The maximum Gasteiger partial charge on any atom is 0.224 e. The van der Waals surface area contributed by atoms with E-state index >= 15 is 0 Å². The maximum absolute atomic E-state index is 6.23. The number of pyridine rings is 1. The molecule has 0 radical (unpaired) electrons. The van der Waals surface area contributed by atoms with E-state index in [2.05, 4.69) is 49.1 Å². The highest BCUT2D eigenvalue weighted by molar-refractivity contribution is 7.18. The number of hydrogen-bond donors (Lipinski definition) is 0. The summed E-state index contributed by atoms with van der Waals surface area (Å²) in [5.41, 5.74) is 1.29. The largest absolute Gasteiger partial charge is 0.224 e. The summed E-state index contributed by atoms with van der Waals surface area (Å²) in [6.45, 7) is 6.40. The van der Waals surface area contributed by atoms with Crippen LogP contribution in [0.1, 0.15) is 5.56 Å². The minimum absolute atomic E-state index is 0.981. The fourth-order valence-corrected chi connectivity index (χ4v) is 2.56. The summed E-state index contributed by atoms with van der Waals surface area (Å²) < 4.78 is 2.16. The highest BCUT2D eigenvalue weighted by Gasteiger charge is 2.22. The van der Waals surface area contributed by atoms with Gasteiger partial charge in [0.2, 0.25) is 7.38 Å². The summed E-state index contributed by atoms with van der Waals surface area (Å²) in [6, 6.07) is 4.22. The van der Waals surface area contributed by atoms with Crippen molar-refractivity contribution in [3.05, 3.63) is 30.1 Å². The third kappa shape index (κ3) is 3.37. The Hall–Kier alpha value is -0.343. The van der Waals surface area contributed by atoms with E-state index in [0.29, 0.717) is 0 Å². The van der Waals surface area contributed by atoms with Gasteiger partial charge in [-0.1, -0.05) is 13.1 Å². The van der Waals surface area contributed by atoms with Gasteiger partial charge in [-0.2, -0.15) is 11.1 Å². The van der Waals surface area contributed by atoms with Crippen LogP contribution in [0, 0.1) is 6.92 Å². The van der Waals surface area contributed by atoms with Gasteiger partial charge in [0, 0.05) is 12.1 Å². The minimum Gasteiger partial charge on any atom is -0.208 e. The zero-order valence-electron chi connectivity index (χ0n) is 7.84. The van der Waals surface area contributed by atoms with Crippen molar-refractivity contribution < 1.29 is 4.57 Å². The Labute approximate surface area is 79.7 Å². The van der Waals surface area contributed by atoms with Crippen LogP contribution < -0.4 is 4.57 Å². The first-order valence-electron chi connectivity index (χ1n) is 4.12. The molecule has 0 saturated carbocycles. The second-order valence-corrected chi connectivity index (χ2v) is 10.6. The van der Waals surface area contributed by atoms with E-state index < -0.39 is 7.38 Å². The molecule has 12 heavy (non-hydrogen) atoms. The van der Waals surface area contributed by atoms with Crippen molar-refractivity contribution in [1.29, 1.82) is 0 Å². The predicted octanol–water partition coefficient (Wildman–Crippen LogP) is 2.27. The third-order valence-corrected chi connectivity index (χ3v) is 3.09. The Morgan fingerprint density at radius 3 is 2.25 bits per heavy atom. The lowest BCUT2D eigenvalue weighted by Crippen LogP contribution is -2.44. The van der Waals surface area contributed by atoms with Gasteiger partial charge in [-0.15, -0.1) is 0 Å². The summed E-state index contributed by atoms with van der Waals surface area (Å²) in [5.74, 6) is 0. The molecule has 0 aromatic carbocycles. The first-order chi connectivity index (χ1) is 5.47. The molecule has 3 heteroatoms. The van der Waals surface area contributed by atoms with E-state index in [1.54, 1.807) is 0 Å². The Morgan fingerprint density at radius 2 is 1.83 bits per heavy atom. The van der Waals surface area contributed by atoms with Crippen molar-refractivity contribution in [2.75, 3.05) is 0 Å². The number of halogens is 1. The molecule has 0 unspecified atom stereocenters. The first kappa shape index (κ1) is 9.74. The monoisotopic (exact) mass is 200 g/mol. The fraction of sp³-hybridized carbons (Fsp3) is 0.444. The van der Waals surface area contributed by atoms with E-state index in [1.165, 1.54) is 5.56 Å². The molecule has 1 aromatic heterocycles. The molecular weight excluding hydrogens is 186 g/mol. The topological polar surface area (TPSA) is 3.88 Å². The number of rotatable bonds is 2. The van der Waals surface area contributed by atoms with Crippen molar-refractivity contribution in [2.24, 2.45) is 0 Å². The van der Waals surface area contributed by atoms with Crippen LogP contribution in [0.3, 0.4) is 0 Å². The van der Waals surface area contributed by atoms with Crippen LogP contribution in [-0.2, 0) is 6.17 Å². The summed E-state index contributed by atoms with van der Waals surface area (Å²) in [6.07, 6.45) is 5.16. The first-order valence-corrected chi connectivity index (χ1v) is 8.34. The highest BCUT2D eigenvalue weighted by atomic mass is 35.6. The van der Waals surface area contributed by atoms with Gasteiger partial charge in [-0.3, -0.25) is 0 Å². The van der Waals surface area contributed by atoms with Crippen LogP contribution in [-0.4, -0.2) is 7.38 Å². The molecule has 0 aliphatic rings. The molecule has 0 bridgehead atoms. The van der Waals surface area contributed by atoms with Crippen molar-refractivity contribution in [2.45, 2.75) is 26.2 Å². The van der Waals surface area contributed by atoms with E-state index in [9.17, 15) is 0 Å². The van der Waals surface area contributed by atoms with Crippen molar-refractivity contribution >= 4 is 18.5 Å². The number of aryl methyl sites for hydroxylation is 1. The highest BCUT2D eigenvalue weighted by Crippen LogP contribution is 2.06. The lowest BCUT2D eigenvalue weighted by molar-refractivity contribution is -0.680. The average Bonchev–Trinajstić information content (AvgIpc) is 1.91. The van der Waals surface area contributed by atoms with E-state index in [4.69, 9.17) is 11.1 Å². The quantitative estimate of drug-likeness (QED) is 0.392. The standard InChI is InChI=1S/C9H15ClNSi/c1-9-4-6-11(7-5-9)8-12(2,3)10/h4-7H,8H2,1-3H3/q+1. The smallest absolute Gasteiger partial charge is 0.208 e. The molecule has 0 saturated heterocycles. The third-order valence-electron chi connectivity index (χ3n) is 1.62. The molecule has 0 spiro atoms. The molecular formula is C9H15ClNSi+. The van der Waals surface area contributed by atoms with Crippen LogP contribution in [0.5, 0.6) is 0 Å². The van der Waals surface area contributed by atoms with Crippen LogP contribution in [0.4, 0.5) is 0 Å². The molecule has 0 fully saturated rings. The van der Waals surface area contributed by atoms with Gasteiger partial charge in [0.05, 0.1) is 0 Å². The molecule has 1 rings (SSSR count). The Morgan fingerprint density at radius 1 is 1.33 bits per heavy atom. The normalized spacial score (nSPS) is 11.7. The van der Waals surface area contributed by atoms with Gasteiger partial charge in [0.1, 0.15) is 6.17 Å². The molecule has 1 aromatic rings. The summed E-state index contributed by atoms with van der Waals surface area (Å²) >= 11 is 6.23. The molecule has 0 aliphatic carbocycles. The maximum atomic E-state index is 6.23. The summed E-state index contributed by atoms with van der Waals surface area (Å²) in [7, 11) is -1.48. The zero-order chi connectivity index (χ0) is 9.19. The summed E-state index contributed by atoms with van der Waals surface area (Å²) in [5, 5.41) is 0. The summed E-state index contributed by atoms with van der Waals surface area (Å²) in [4.78, 5) is 0. The van der Waals surface area contributed by atoms with Crippen molar-refractivity contribution in [3.8, 4) is 0 Å². The Bertz CT molecular complexity index is 250. The molecule has 0 atom stereocenters. The van der Waals surface area contributed by atoms with Crippen molar-refractivity contribution in [3.63, 3.8) is 0 Å². The van der Waals surface area contributed by atoms with E-state index in [1.807, 2.05) is 0 Å². The van der Waals surface area contributed by atoms with Crippen LogP contribution in [0.2, 0.25) is 13.1 Å². The Kier molecular flexibility index (Phi) is 2.91. The SMILES string of the molecule is Cc1cc[n+](C[Si](C)(C)Cl)cc1. The molecule has 0 amide bonds. The van der Waals surface area contributed by atoms with Crippen LogP contribution >= 0.6 is 11.1 Å². The lowest BCUT2D eigenvalue weighted by atomic mass is 10.3. The molecule has 0 N–H and O–H groups in total. The van der Waals surface area contributed by atoms with Crippen molar-refractivity contribution in [1.82, 2.24) is 0 Å². The van der Waals surface area contributed by atoms with E-state index in [0.717, 1.165) is 6.17 Å². The zero-order valence-corrected chi connectivity index (χ0v) is 9.60. The van der Waals surface area contributed by atoms with Gasteiger partial charge in [0.25, 0.3) is 0 Å². The van der Waals surface area contributed by atoms with E-state index in [-0.39, 0.29) is 0 Å². The van der Waals surface area contributed by atoms with Crippen LogP contribution in [0.15, 0.2) is 24.5 Å². The molecule has 1 nitrogen and oxygen atoms in total. The minimum atomic E-state index is -1.48. The second-order valence-electron chi connectivity index (χ2n) is 3.77. The molecule has 0 aliphatic heterocycles. The molecule has 66 valence electrons. The second kappa shape index (κ2) is 3.58. The number of aromatic nitrogens is 1. The van der Waals surface area contributed by atoms with Gasteiger partial charge in [-0.25, -0.2) is 4.57 Å². The number of hydrogen-bond acceptors (Lipinski definition) is 0. The van der Waals surface area contributed by atoms with Crippen LogP contribution in [0.25, 0.3) is 0 Å². The van der Waals surface area contributed by atoms with Gasteiger partial charge < -0.3 is 0 Å². The van der Waals surface area contributed by atoms with Gasteiger partial charge in [0.15, 0.2) is 12.4 Å². The Balaban J connectivity index is 2.71. The van der Waals surface area contributed by atoms with Gasteiger partial charge >= 0.3 is 0 Å².